The summed E-state index contributed by atoms with van der Waals surface area (Å²) in [4.78, 5) is 9.39. The number of hydrogen-bond acceptors (Lipinski definition) is 4. The Morgan fingerprint density at radius 3 is 2.75 bits per heavy atom. The van der Waals surface area contributed by atoms with Crippen molar-refractivity contribution in [1.82, 2.24) is 4.98 Å². The highest BCUT2D eigenvalue weighted by Crippen LogP contribution is 2.31. The second-order valence-electron chi connectivity index (χ2n) is 6.33. The van der Waals surface area contributed by atoms with E-state index >= 15 is 0 Å². The van der Waals surface area contributed by atoms with Gasteiger partial charge in [0.05, 0.1) is 10.2 Å². The number of fused-ring (bicyclic) bond motifs is 1. The molecule has 1 N–H and O–H groups in total. The molecule has 0 unspecified atom stereocenters. The van der Waals surface area contributed by atoms with Gasteiger partial charge in [-0.2, -0.15) is 0 Å². The molecule has 0 radical (unpaired) electrons. The number of rotatable bonds is 2. The lowest BCUT2D eigenvalue weighted by Gasteiger charge is -2.08. The lowest BCUT2D eigenvalue weighted by Crippen LogP contribution is -2.11. The van der Waals surface area contributed by atoms with Gasteiger partial charge in [0.2, 0.25) is 0 Å². The summed E-state index contributed by atoms with van der Waals surface area (Å²) in [5.74, 6) is 1.12. The SMILES string of the molecule is Cc1ccc2nc(-c3ccc(NC4=NCCCCC4)cc3)sc2c1. The van der Waals surface area contributed by atoms with Crippen LogP contribution in [-0.2, 0) is 0 Å². The Morgan fingerprint density at radius 1 is 1.00 bits per heavy atom. The molecule has 1 aliphatic heterocycles. The summed E-state index contributed by atoms with van der Waals surface area (Å²) in [6.07, 6.45) is 4.78. The number of nitrogens with one attached hydrogen (secondary N) is 1. The molecule has 2 heterocycles. The molecule has 0 saturated carbocycles. The van der Waals surface area contributed by atoms with Crippen LogP contribution in [0, 0.1) is 6.92 Å². The molecule has 2 aromatic carbocycles. The Balaban J connectivity index is 1.55. The van der Waals surface area contributed by atoms with Gasteiger partial charge in [0.25, 0.3) is 0 Å². The molecule has 4 rings (SSSR count). The van der Waals surface area contributed by atoms with E-state index in [9.17, 15) is 0 Å². The van der Waals surface area contributed by atoms with Crippen molar-refractivity contribution >= 4 is 33.1 Å². The largest absolute Gasteiger partial charge is 0.344 e. The molecule has 0 aliphatic carbocycles. The first-order chi connectivity index (χ1) is 11.8. The lowest BCUT2D eigenvalue weighted by molar-refractivity contribution is 0.731. The molecule has 0 atom stereocenters. The van der Waals surface area contributed by atoms with Gasteiger partial charge in [-0.05, 0) is 61.7 Å². The van der Waals surface area contributed by atoms with Crippen molar-refractivity contribution in [2.75, 3.05) is 11.9 Å². The van der Waals surface area contributed by atoms with E-state index in [0.717, 1.165) is 35.0 Å². The van der Waals surface area contributed by atoms with Crippen LogP contribution in [0.4, 0.5) is 5.69 Å². The highest BCUT2D eigenvalue weighted by atomic mass is 32.1. The second kappa shape index (κ2) is 6.73. The molecule has 0 fully saturated rings. The van der Waals surface area contributed by atoms with Gasteiger partial charge in [-0.1, -0.05) is 12.5 Å². The Morgan fingerprint density at radius 2 is 1.88 bits per heavy atom. The highest BCUT2D eigenvalue weighted by molar-refractivity contribution is 7.21. The standard InChI is InChI=1S/C20H21N3S/c1-14-6-11-17-18(13-14)24-20(23-17)15-7-9-16(10-8-15)22-19-5-3-2-4-12-21-19/h6-11,13H,2-5,12H2,1H3,(H,21,22). The zero-order valence-corrected chi connectivity index (χ0v) is 14.7. The molecule has 0 amide bonds. The second-order valence-corrected chi connectivity index (χ2v) is 7.36. The molecule has 0 saturated heterocycles. The molecular formula is C20H21N3S. The Kier molecular flexibility index (Phi) is 4.30. The number of hydrogen-bond donors (Lipinski definition) is 1. The van der Waals surface area contributed by atoms with E-state index in [4.69, 9.17) is 4.98 Å². The van der Waals surface area contributed by atoms with E-state index in [1.165, 1.54) is 35.1 Å². The van der Waals surface area contributed by atoms with E-state index in [2.05, 4.69) is 59.7 Å². The minimum atomic E-state index is 0.950. The number of aryl methyl sites for hydroxylation is 1. The fourth-order valence-electron chi connectivity index (χ4n) is 2.99. The number of thiazole rings is 1. The fourth-order valence-corrected chi connectivity index (χ4v) is 4.06. The van der Waals surface area contributed by atoms with Crippen LogP contribution in [0.15, 0.2) is 47.5 Å². The van der Waals surface area contributed by atoms with Gasteiger partial charge in [-0.15, -0.1) is 11.3 Å². The maximum absolute atomic E-state index is 4.76. The van der Waals surface area contributed by atoms with E-state index in [1.807, 2.05) is 0 Å². The Hall–Kier alpha value is -2.20. The predicted molar refractivity (Wildman–Crippen MR) is 104 cm³/mol. The van der Waals surface area contributed by atoms with E-state index in [-0.39, 0.29) is 0 Å². The van der Waals surface area contributed by atoms with Crippen molar-refractivity contribution in [3.05, 3.63) is 48.0 Å². The number of aliphatic imine (C=N–C) groups is 1. The summed E-state index contributed by atoms with van der Waals surface area (Å²) in [7, 11) is 0. The molecule has 0 bridgehead atoms. The number of benzene rings is 2. The van der Waals surface area contributed by atoms with Crippen molar-refractivity contribution in [2.45, 2.75) is 32.6 Å². The van der Waals surface area contributed by atoms with E-state index in [1.54, 1.807) is 11.3 Å². The number of anilines is 1. The van der Waals surface area contributed by atoms with Crippen LogP contribution >= 0.6 is 11.3 Å². The monoisotopic (exact) mass is 335 g/mol. The van der Waals surface area contributed by atoms with Crippen molar-refractivity contribution in [1.29, 1.82) is 0 Å². The van der Waals surface area contributed by atoms with Gasteiger partial charge in [0.1, 0.15) is 10.8 Å². The quantitative estimate of drug-likeness (QED) is 0.656. The molecular weight excluding hydrogens is 314 g/mol. The van der Waals surface area contributed by atoms with Crippen molar-refractivity contribution in [3.63, 3.8) is 0 Å². The van der Waals surface area contributed by atoms with Crippen LogP contribution in [0.2, 0.25) is 0 Å². The van der Waals surface area contributed by atoms with E-state index in [0.29, 0.717) is 0 Å². The lowest BCUT2D eigenvalue weighted by atomic mass is 10.2. The first-order valence-corrected chi connectivity index (χ1v) is 9.37. The van der Waals surface area contributed by atoms with Gasteiger partial charge in [-0.25, -0.2) is 4.98 Å². The molecule has 0 spiro atoms. The third-order valence-corrected chi connectivity index (χ3v) is 5.41. The van der Waals surface area contributed by atoms with Gasteiger partial charge >= 0.3 is 0 Å². The Bertz CT molecular complexity index is 878. The van der Waals surface area contributed by atoms with Crippen LogP contribution in [0.3, 0.4) is 0 Å². The fraction of sp³-hybridized carbons (Fsp3) is 0.300. The third-order valence-electron chi connectivity index (χ3n) is 4.34. The van der Waals surface area contributed by atoms with Crippen LogP contribution in [-0.4, -0.2) is 17.4 Å². The van der Waals surface area contributed by atoms with Crippen molar-refractivity contribution < 1.29 is 0 Å². The predicted octanol–water partition coefficient (Wildman–Crippen LogP) is 5.66. The van der Waals surface area contributed by atoms with E-state index < -0.39 is 0 Å². The minimum absolute atomic E-state index is 0.950. The number of amidine groups is 1. The summed E-state index contributed by atoms with van der Waals surface area (Å²) in [5.41, 5.74) is 4.63. The average molecular weight is 335 g/mol. The smallest absolute Gasteiger partial charge is 0.124 e. The molecule has 4 heteroatoms. The molecule has 122 valence electrons. The zero-order valence-electron chi connectivity index (χ0n) is 13.9. The third kappa shape index (κ3) is 3.34. The van der Waals surface area contributed by atoms with Gasteiger partial charge < -0.3 is 5.32 Å². The number of aromatic nitrogens is 1. The summed E-state index contributed by atoms with van der Waals surface area (Å²) in [6.45, 7) is 3.07. The van der Waals surface area contributed by atoms with Crippen LogP contribution in [0.25, 0.3) is 20.8 Å². The highest BCUT2D eigenvalue weighted by Gasteiger charge is 2.08. The molecule has 24 heavy (non-hydrogen) atoms. The van der Waals surface area contributed by atoms with Crippen molar-refractivity contribution in [3.8, 4) is 10.6 Å². The maximum atomic E-state index is 4.76. The van der Waals surface area contributed by atoms with Crippen LogP contribution in [0.5, 0.6) is 0 Å². The molecule has 3 nitrogen and oxygen atoms in total. The van der Waals surface area contributed by atoms with Gasteiger partial charge in [0, 0.05) is 24.2 Å². The summed E-state index contributed by atoms with van der Waals surface area (Å²) >= 11 is 1.75. The first kappa shape index (κ1) is 15.3. The average Bonchev–Trinajstić information content (AvgIpc) is 2.84. The molecule has 3 aromatic rings. The summed E-state index contributed by atoms with van der Waals surface area (Å²) < 4.78 is 1.25. The van der Waals surface area contributed by atoms with Gasteiger partial charge in [-0.3, -0.25) is 4.99 Å². The first-order valence-electron chi connectivity index (χ1n) is 8.56. The van der Waals surface area contributed by atoms with Gasteiger partial charge in [0.15, 0.2) is 0 Å². The molecule has 1 aliphatic rings. The minimum Gasteiger partial charge on any atom is -0.344 e. The van der Waals surface area contributed by atoms with Crippen LogP contribution in [0.1, 0.15) is 31.2 Å². The Labute approximate surface area is 146 Å². The summed E-state index contributed by atoms with van der Waals surface area (Å²) in [6, 6.07) is 15.0. The normalized spacial score (nSPS) is 15.1. The summed E-state index contributed by atoms with van der Waals surface area (Å²) in [5, 5.41) is 4.54. The van der Waals surface area contributed by atoms with Crippen molar-refractivity contribution in [2.24, 2.45) is 4.99 Å². The van der Waals surface area contributed by atoms with Crippen LogP contribution < -0.4 is 5.32 Å². The number of nitrogens with zero attached hydrogens (tertiary/aromatic N) is 2. The zero-order chi connectivity index (χ0) is 16.4. The topological polar surface area (TPSA) is 37.3 Å². The molecule has 1 aromatic heterocycles. The maximum Gasteiger partial charge on any atom is 0.124 e.